The third-order valence-corrected chi connectivity index (χ3v) is 5.19. The molecule has 6 nitrogen and oxygen atoms in total. The summed E-state index contributed by atoms with van der Waals surface area (Å²) in [6.07, 6.45) is 0. The molecule has 3 rings (SSSR count). The van der Waals surface area contributed by atoms with Crippen LogP contribution in [0.3, 0.4) is 0 Å². The number of amides is 1. The van der Waals surface area contributed by atoms with Crippen LogP contribution in [0.4, 0.5) is 0 Å². The molecule has 0 aliphatic heterocycles. The van der Waals surface area contributed by atoms with Crippen molar-refractivity contribution in [3.63, 3.8) is 0 Å². The van der Waals surface area contributed by atoms with Crippen molar-refractivity contribution in [3.8, 4) is 17.2 Å². The number of hydrogen-bond donors (Lipinski definition) is 1. The molecule has 0 radical (unpaired) electrons. The van der Waals surface area contributed by atoms with Crippen molar-refractivity contribution < 1.29 is 13.9 Å². The molecule has 146 valence electrons. The number of aryl methyl sites for hydroxylation is 3. The highest BCUT2D eigenvalue weighted by Crippen LogP contribution is 2.24. The summed E-state index contributed by atoms with van der Waals surface area (Å²) in [5, 5.41) is 11.4. The average molecular weight is 398 g/mol. The van der Waals surface area contributed by atoms with Crippen molar-refractivity contribution in [2.75, 3.05) is 12.9 Å². The van der Waals surface area contributed by atoms with Crippen LogP contribution >= 0.6 is 11.8 Å². The Hall–Kier alpha value is -2.80. The van der Waals surface area contributed by atoms with Crippen molar-refractivity contribution in [1.29, 1.82) is 0 Å². The normalized spacial score (nSPS) is 10.7. The number of hydrogen-bond acceptors (Lipinski definition) is 6. The molecule has 0 spiro atoms. The number of rotatable bonds is 7. The Balaban J connectivity index is 1.53. The maximum absolute atomic E-state index is 12.2. The fraction of sp³-hybridized carbons (Fsp3) is 0.286. The van der Waals surface area contributed by atoms with Gasteiger partial charge in [0.2, 0.25) is 11.8 Å². The number of thioether (sulfide) groups is 1. The Kier molecular flexibility index (Phi) is 6.36. The maximum Gasteiger partial charge on any atom is 0.277 e. The average Bonchev–Trinajstić information content (AvgIpc) is 3.14. The SMILES string of the molecule is COc1ccc(-c2nnc(SCC(=O)NCc3c(C)cc(C)cc3C)o2)cc1. The van der Waals surface area contributed by atoms with Gasteiger partial charge in [0, 0.05) is 12.1 Å². The van der Waals surface area contributed by atoms with E-state index in [0.717, 1.165) is 16.9 Å². The molecule has 0 aliphatic carbocycles. The monoisotopic (exact) mass is 397 g/mol. The summed E-state index contributed by atoms with van der Waals surface area (Å²) in [5.74, 6) is 1.31. The molecular weight excluding hydrogens is 374 g/mol. The Morgan fingerprint density at radius 3 is 2.43 bits per heavy atom. The molecule has 0 unspecified atom stereocenters. The Morgan fingerprint density at radius 1 is 1.11 bits per heavy atom. The fourth-order valence-electron chi connectivity index (χ4n) is 2.97. The Morgan fingerprint density at radius 2 is 1.79 bits per heavy atom. The van der Waals surface area contributed by atoms with Crippen molar-refractivity contribution in [2.45, 2.75) is 32.5 Å². The molecule has 0 fully saturated rings. The molecule has 3 aromatic rings. The second-order valence-corrected chi connectivity index (χ2v) is 7.47. The first-order valence-corrected chi connectivity index (χ1v) is 9.89. The van der Waals surface area contributed by atoms with Gasteiger partial charge in [-0.25, -0.2) is 0 Å². The lowest BCUT2D eigenvalue weighted by atomic mass is 10.00. The zero-order valence-corrected chi connectivity index (χ0v) is 17.2. The molecule has 1 amide bonds. The van der Waals surface area contributed by atoms with Crippen LogP contribution < -0.4 is 10.1 Å². The molecule has 0 atom stereocenters. The summed E-state index contributed by atoms with van der Waals surface area (Å²) in [6, 6.07) is 11.6. The quantitative estimate of drug-likeness (QED) is 0.606. The molecule has 1 aromatic heterocycles. The number of nitrogens with one attached hydrogen (secondary N) is 1. The minimum absolute atomic E-state index is 0.0754. The van der Waals surface area contributed by atoms with Crippen LogP contribution in [0.1, 0.15) is 22.3 Å². The lowest BCUT2D eigenvalue weighted by Crippen LogP contribution is -2.25. The van der Waals surface area contributed by atoms with Crippen LogP contribution in [-0.2, 0) is 11.3 Å². The van der Waals surface area contributed by atoms with Gasteiger partial charge in [0.1, 0.15) is 5.75 Å². The van der Waals surface area contributed by atoms with Crippen LogP contribution in [0.2, 0.25) is 0 Å². The number of ether oxygens (including phenoxy) is 1. The highest BCUT2D eigenvalue weighted by Gasteiger charge is 2.12. The number of methoxy groups -OCH3 is 1. The van der Waals surface area contributed by atoms with Crippen molar-refractivity contribution in [2.24, 2.45) is 0 Å². The van der Waals surface area contributed by atoms with Gasteiger partial charge in [0.15, 0.2) is 0 Å². The van der Waals surface area contributed by atoms with E-state index in [4.69, 9.17) is 9.15 Å². The number of nitrogens with zero attached hydrogens (tertiary/aromatic N) is 2. The van der Waals surface area contributed by atoms with Gasteiger partial charge in [-0.05, 0) is 61.7 Å². The molecule has 0 aliphatic rings. The highest BCUT2D eigenvalue weighted by molar-refractivity contribution is 7.99. The van der Waals surface area contributed by atoms with Crippen molar-refractivity contribution in [1.82, 2.24) is 15.5 Å². The lowest BCUT2D eigenvalue weighted by molar-refractivity contribution is -0.118. The van der Waals surface area contributed by atoms with E-state index in [-0.39, 0.29) is 11.7 Å². The molecule has 0 saturated heterocycles. The van der Waals surface area contributed by atoms with Gasteiger partial charge in [-0.15, -0.1) is 10.2 Å². The van der Waals surface area contributed by atoms with E-state index in [9.17, 15) is 4.79 Å². The minimum Gasteiger partial charge on any atom is -0.497 e. The van der Waals surface area contributed by atoms with Crippen LogP contribution in [-0.4, -0.2) is 29.0 Å². The van der Waals surface area contributed by atoms with E-state index in [1.165, 1.54) is 28.5 Å². The number of carbonyl (C=O) groups excluding carboxylic acids is 1. The predicted octanol–water partition coefficient (Wildman–Crippen LogP) is 4.08. The fourth-order valence-corrected chi connectivity index (χ4v) is 3.57. The van der Waals surface area contributed by atoms with Gasteiger partial charge in [-0.1, -0.05) is 29.5 Å². The largest absolute Gasteiger partial charge is 0.497 e. The molecule has 7 heteroatoms. The summed E-state index contributed by atoms with van der Waals surface area (Å²) in [7, 11) is 1.61. The second-order valence-electron chi connectivity index (χ2n) is 6.54. The maximum atomic E-state index is 12.2. The molecule has 0 saturated carbocycles. The van der Waals surface area contributed by atoms with E-state index >= 15 is 0 Å². The first kappa shape index (κ1) is 19.9. The van der Waals surface area contributed by atoms with Crippen LogP contribution in [0.5, 0.6) is 5.75 Å². The molecule has 1 N–H and O–H groups in total. The molecule has 0 bridgehead atoms. The third-order valence-electron chi connectivity index (χ3n) is 4.37. The number of benzene rings is 2. The van der Waals surface area contributed by atoms with Crippen molar-refractivity contribution in [3.05, 3.63) is 58.7 Å². The molecule has 2 aromatic carbocycles. The van der Waals surface area contributed by atoms with Gasteiger partial charge in [0.25, 0.3) is 5.22 Å². The smallest absolute Gasteiger partial charge is 0.277 e. The third kappa shape index (κ3) is 4.92. The highest BCUT2D eigenvalue weighted by atomic mass is 32.2. The van der Waals surface area contributed by atoms with Gasteiger partial charge >= 0.3 is 0 Å². The van der Waals surface area contributed by atoms with E-state index < -0.39 is 0 Å². The summed E-state index contributed by atoms with van der Waals surface area (Å²) < 4.78 is 10.8. The molecule has 1 heterocycles. The first-order chi connectivity index (χ1) is 13.5. The van der Waals surface area contributed by atoms with Crippen LogP contribution in [0.25, 0.3) is 11.5 Å². The Bertz CT molecular complexity index is 944. The summed E-state index contributed by atoms with van der Waals surface area (Å²) in [6.45, 7) is 6.71. The second kappa shape index (κ2) is 8.93. The van der Waals surface area contributed by atoms with Gasteiger partial charge in [0.05, 0.1) is 12.9 Å². The summed E-state index contributed by atoms with van der Waals surface area (Å²) >= 11 is 1.22. The van der Waals surface area contributed by atoms with E-state index in [1.54, 1.807) is 7.11 Å². The first-order valence-electron chi connectivity index (χ1n) is 8.90. The van der Waals surface area contributed by atoms with E-state index in [2.05, 4.69) is 48.4 Å². The zero-order chi connectivity index (χ0) is 20.1. The molecule has 28 heavy (non-hydrogen) atoms. The predicted molar refractivity (Wildman–Crippen MR) is 110 cm³/mol. The van der Waals surface area contributed by atoms with Crippen LogP contribution in [0, 0.1) is 20.8 Å². The zero-order valence-electron chi connectivity index (χ0n) is 16.4. The summed E-state index contributed by atoms with van der Waals surface area (Å²) in [4.78, 5) is 12.2. The molecular formula is C21H23N3O3S. The van der Waals surface area contributed by atoms with E-state index in [0.29, 0.717) is 17.7 Å². The number of aromatic nitrogens is 2. The lowest BCUT2D eigenvalue weighted by Gasteiger charge is -2.12. The van der Waals surface area contributed by atoms with Gasteiger partial charge < -0.3 is 14.5 Å². The van der Waals surface area contributed by atoms with Gasteiger partial charge in [-0.2, -0.15) is 0 Å². The number of carbonyl (C=O) groups is 1. The van der Waals surface area contributed by atoms with Crippen molar-refractivity contribution >= 4 is 17.7 Å². The topological polar surface area (TPSA) is 77.2 Å². The summed E-state index contributed by atoms with van der Waals surface area (Å²) in [5.41, 5.74) is 5.56. The van der Waals surface area contributed by atoms with E-state index in [1.807, 2.05) is 24.3 Å². The minimum atomic E-state index is -0.0754. The standard InChI is InChI=1S/C21H23N3O3S/c1-13-9-14(2)18(15(3)10-13)11-22-19(25)12-28-21-24-23-20(27-21)16-5-7-17(26-4)8-6-16/h5-10H,11-12H2,1-4H3,(H,22,25). The Labute approximate surface area is 168 Å². The van der Waals surface area contributed by atoms with Crippen LogP contribution in [0.15, 0.2) is 46.0 Å². The van der Waals surface area contributed by atoms with Gasteiger partial charge in [-0.3, -0.25) is 4.79 Å².